The van der Waals surface area contributed by atoms with Crippen molar-refractivity contribution >= 4 is 0 Å². The molecule has 14 heavy (non-hydrogen) atoms. The summed E-state index contributed by atoms with van der Waals surface area (Å²) < 4.78 is 9.95. The van der Waals surface area contributed by atoms with Gasteiger partial charge in [-0.15, -0.1) is 0 Å². The molecule has 0 aliphatic carbocycles. The zero-order valence-electron chi connectivity index (χ0n) is 8.69. The SMILES string of the molecule is CC[C@@H](N)c1nc(CCCOC)no1. The van der Waals surface area contributed by atoms with Gasteiger partial charge in [0.1, 0.15) is 0 Å². The van der Waals surface area contributed by atoms with Crippen LogP contribution >= 0.6 is 0 Å². The highest BCUT2D eigenvalue weighted by Crippen LogP contribution is 2.11. The lowest BCUT2D eigenvalue weighted by Gasteiger charge is -1.99. The van der Waals surface area contributed by atoms with Gasteiger partial charge in [-0.1, -0.05) is 12.1 Å². The zero-order chi connectivity index (χ0) is 10.4. The van der Waals surface area contributed by atoms with Crippen LogP contribution in [0.4, 0.5) is 0 Å². The quantitative estimate of drug-likeness (QED) is 0.693. The average molecular weight is 199 g/mol. The molecular weight excluding hydrogens is 182 g/mol. The highest BCUT2D eigenvalue weighted by atomic mass is 16.5. The van der Waals surface area contributed by atoms with E-state index < -0.39 is 0 Å². The Morgan fingerprint density at radius 3 is 3.00 bits per heavy atom. The smallest absolute Gasteiger partial charge is 0.243 e. The van der Waals surface area contributed by atoms with Crippen LogP contribution in [-0.4, -0.2) is 23.9 Å². The summed E-state index contributed by atoms with van der Waals surface area (Å²) in [6, 6.07) is -0.140. The summed E-state index contributed by atoms with van der Waals surface area (Å²) in [4.78, 5) is 4.19. The van der Waals surface area contributed by atoms with Gasteiger partial charge in [0.2, 0.25) is 5.89 Å². The van der Waals surface area contributed by atoms with Crippen molar-refractivity contribution in [1.29, 1.82) is 0 Å². The van der Waals surface area contributed by atoms with Gasteiger partial charge in [-0.25, -0.2) is 0 Å². The third-order valence-electron chi connectivity index (χ3n) is 1.99. The Labute approximate surface area is 83.6 Å². The lowest BCUT2D eigenvalue weighted by atomic mass is 10.2. The van der Waals surface area contributed by atoms with Crippen LogP contribution in [0.1, 0.15) is 37.5 Å². The first-order chi connectivity index (χ1) is 6.77. The van der Waals surface area contributed by atoms with Crippen LogP contribution in [0, 0.1) is 0 Å². The number of methoxy groups -OCH3 is 1. The molecule has 0 aliphatic heterocycles. The third kappa shape index (κ3) is 3.08. The van der Waals surface area contributed by atoms with Gasteiger partial charge < -0.3 is 15.0 Å². The van der Waals surface area contributed by atoms with Gasteiger partial charge in [0.05, 0.1) is 6.04 Å². The second-order valence-corrected chi connectivity index (χ2v) is 3.16. The van der Waals surface area contributed by atoms with Crippen molar-refractivity contribution in [3.05, 3.63) is 11.7 Å². The molecule has 0 radical (unpaired) electrons. The van der Waals surface area contributed by atoms with Gasteiger partial charge in [0.15, 0.2) is 5.82 Å². The van der Waals surface area contributed by atoms with E-state index in [1.807, 2.05) is 6.92 Å². The van der Waals surface area contributed by atoms with Crippen molar-refractivity contribution in [3.63, 3.8) is 0 Å². The molecule has 80 valence electrons. The summed E-state index contributed by atoms with van der Waals surface area (Å²) in [5.41, 5.74) is 5.74. The summed E-state index contributed by atoms with van der Waals surface area (Å²) in [5, 5.41) is 3.84. The molecular formula is C9H17N3O2. The Morgan fingerprint density at radius 1 is 1.57 bits per heavy atom. The minimum absolute atomic E-state index is 0.140. The van der Waals surface area contributed by atoms with Gasteiger partial charge >= 0.3 is 0 Å². The Bertz CT molecular complexity index is 262. The van der Waals surface area contributed by atoms with Gasteiger partial charge in [-0.05, 0) is 12.8 Å². The number of rotatable bonds is 6. The van der Waals surface area contributed by atoms with Crippen LogP contribution in [0.3, 0.4) is 0 Å². The topological polar surface area (TPSA) is 74.2 Å². The maximum atomic E-state index is 5.74. The molecule has 0 saturated heterocycles. The van der Waals surface area contributed by atoms with Crippen molar-refractivity contribution < 1.29 is 9.26 Å². The first-order valence-corrected chi connectivity index (χ1v) is 4.85. The van der Waals surface area contributed by atoms with Crippen LogP contribution in [0.2, 0.25) is 0 Å². The molecule has 1 aromatic rings. The van der Waals surface area contributed by atoms with Gasteiger partial charge in [-0.3, -0.25) is 0 Å². The monoisotopic (exact) mass is 199 g/mol. The highest BCUT2D eigenvalue weighted by Gasteiger charge is 2.12. The normalized spacial score (nSPS) is 13.1. The Morgan fingerprint density at radius 2 is 2.36 bits per heavy atom. The van der Waals surface area contributed by atoms with Crippen LogP contribution in [0.15, 0.2) is 4.52 Å². The number of hydrogen-bond donors (Lipinski definition) is 1. The second kappa shape index (κ2) is 5.72. The molecule has 1 atom stereocenters. The first kappa shape index (κ1) is 11.1. The molecule has 0 aliphatic rings. The van der Waals surface area contributed by atoms with E-state index >= 15 is 0 Å². The summed E-state index contributed by atoms with van der Waals surface area (Å²) in [6.45, 7) is 2.70. The van der Waals surface area contributed by atoms with E-state index in [2.05, 4.69) is 10.1 Å². The Hall–Kier alpha value is -0.940. The molecule has 1 rings (SSSR count). The molecule has 5 nitrogen and oxygen atoms in total. The zero-order valence-corrected chi connectivity index (χ0v) is 8.69. The Balaban J connectivity index is 2.42. The maximum Gasteiger partial charge on any atom is 0.243 e. The summed E-state index contributed by atoms with van der Waals surface area (Å²) in [5.74, 6) is 1.24. The molecule has 2 N–H and O–H groups in total. The molecule has 0 unspecified atom stereocenters. The van der Waals surface area contributed by atoms with Crippen molar-refractivity contribution in [2.45, 2.75) is 32.2 Å². The Kier molecular flexibility index (Phi) is 4.55. The van der Waals surface area contributed by atoms with Crippen molar-refractivity contribution in [2.75, 3.05) is 13.7 Å². The molecule has 0 bridgehead atoms. The van der Waals surface area contributed by atoms with Crippen LogP contribution in [0.25, 0.3) is 0 Å². The molecule has 0 saturated carbocycles. The molecule has 1 aromatic heterocycles. The largest absolute Gasteiger partial charge is 0.385 e. The first-order valence-electron chi connectivity index (χ1n) is 4.85. The fourth-order valence-electron chi connectivity index (χ4n) is 1.07. The number of hydrogen-bond acceptors (Lipinski definition) is 5. The lowest BCUT2D eigenvalue weighted by Crippen LogP contribution is -2.09. The molecule has 0 amide bonds. The van der Waals surface area contributed by atoms with E-state index in [1.165, 1.54) is 0 Å². The van der Waals surface area contributed by atoms with Crippen molar-refractivity contribution in [1.82, 2.24) is 10.1 Å². The minimum Gasteiger partial charge on any atom is -0.385 e. The predicted molar refractivity (Wildman–Crippen MR) is 51.7 cm³/mol. The van der Waals surface area contributed by atoms with Gasteiger partial charge in [-0.2, -0.15) is 4.98 Å². The molecule has 1 heterocycles. The fraction of sp³-hybridized carbons (Fsp3) is 0.778. The minimum atomic E-state index is -0.140. The lowest BCUT2D eigenvalue weighted by molar-refractivity contribution is 0.194. The van der Waals surface area contributed by atoms with Crippen LogP contribution < -0.4 is 5.73 Å². The summed E-state index contributed by atoms with van der Waals surface area (Å²) >= 11 is 0. The van der Waals surface area contributed by atoms with Gasteiger partial charge in [0.25, 0.3) is 0 Å². The number of nitrogens with two attached hydrogens (primary N) is 1. The van der Waals surface area contributed by atoms with Crippen LogP contribution in [0.5, 0.6) is 0 Å². The predicted octanol–water partition coefficient (Wildman–Crippen LogP) is 1.06. The fourth-order valence-corrected chi connectivity index (χ4v) is 1.07. The van der Waals surface area contributed by atoms with E-state index in [1.54, 1.807) is 7.11 Å². The summed E-state index contributed by atoms with van der Waals surface area (Å²) in [7, 11) is 1.68. The van der Waals surface area contributed by atoms with E-state index in [4.69, 9.17) is 15.0 Å². The van der Waals surface area contributed by atoms with Crippen molar-refractivity contribution in [3.8, 4) is 0 Å². The van der Waals surface area contributed by atoms with E-state index in [0.717, 1.165) is 19.3 Å². The van der Waals surface area contributed by atoms with Gasteiger partial charge in [0, 0.05) is 20.1 Å². The number of aromatic nitrogens is 2. The van der Waals surface area contributed by atoms with Crippen molar-refractivity contribution in [2.24, 2.45) is 5.73 Å². The number of nitrogens with zero attached hydrogens (tertiary/aromatic N) is 2. The maximum absolute atomic E-state index is 5.74. The highest BCUT2D eigenvalue weighted by molar-refractivity contribution is 4.91. The standard InChI is InChI=1S/C9H17N3O2/c1-3-7(10)9-11-8(12-14-9)5-4-6-13-2/h7H,3-6,10H2,1-2H3/t7-/m1/s1. The van der Waals surface area contributed by atoms with E-state index in [9.17, 15) is 0 Å². The average Bonchev–Trinajstić information content (AvgIpc) is 2.66. The second-order valence-electron chi connectivity index (χ2n) is 3.16. The molecule has 0 aromatic carbocycles. The third-order valence-corrected chi connectivity index (χ3v) is 1.99. The number of aryl methyl sites for hydroxylation is 1. The molecule has 0 spiro atoms. The molecule has 5 heteroatoms. The number of ether oxygens (including phenoxy) is 1. The summed E-state index contributed by atoms with van der Waals surface area (Å²) in [6.07, 6.45) is 2.48. The van der Waals surface area contributed by atoms with E-state index in [0.29, 0.717) is 18.3 Å². The molecule has 0 fully saturated rings. The van der Waals surface area contributed by atoms with Crippen LogP contribution in [-0.2, 0) is 11.2 Å². The van der Waals surface area contributed by atoms with E-state index in [-0.39, 0.29) is 6.04 Å².